The van der Waals surface area contributed by atoms with E-state index in [0.29, 0.717) is 42.4 Å². The van der Waals surface area contributed by atoms with Crippen molar-refractivity contribution in [3.63, 3.8) is 0 Å². The number of amides is 1. The molecule has 1 aromatic carbocycles. The van der Waals surface area contributed by atoms with E-state index in [4.69, 9.17) is 26.2 Å². The van der Waals surface area contributed by atoms with E-state index >= 15 is 0 Å². The predicted molar refractivity (Wildman–Crippen MR) is 80.4 cm³/mol. The molecule has 0 aromatic heterocycles. The van der Waals surface area contributed by atoms with E-state index in [1.807, 2.05) is 0 Å². The highest BCUT2D eigenvalue weighted by Crippen LogP contribution is 2.29. The number of carbonyl (C=O) groups excluding carboxylic acids is 1. The lowest BCUT2D eigenvalue weighted by atomic mass is 9.80. The van der Waals surface area contributed by atoms with Crippen molar-refractivity contribution in [1.82, 2.24) is 5.32 Å². The van der Waals surface area contributed by atoms with E-state index in [2.05, 4.69) is 5.32 Å². The largest absolute Gasteiger partial charge is 0.490 e. The van der Waals surface area contributed by atoms with Gasteiger partial charge in [-0.3, -0.25) is 9.59 Å². The van der Waals surface area contributed by atoms with E-state index in [-0.39, 0.29) is 17.9 Å². The highest BCUT2D eigenvalue weighted by molar-refractivity contribution is 6.31. The van der Waals surface area contributed by atoms with Crippen LogP contribution in [-0.4, -0.2) is 43.3 Å². The normalized spacial score (nSPS) is 20.1. The fraction of sp³-hybridized carbons (Fsp3) is 0.467. The molecule has 7 heteroatoms. The zero-order chi connectivity index (χ0) is 16.1. The topological polar surface area (TPSA) is 84.9 Å². The lowest BCUT2D eigenvalue weighted by molar-refractivity contribution is -0.145. The second kappa shape index (κ2) is 7.47. The number of rotatable bonds is 7. The molecule has 6 nitrogen and oxygen atoms in total. The van der Waals surface area contributed by atoms with Crippen molar-refractivity contribution in [3.05, 3.63) is 28.8 Å². The zero-order valence-corrected chi connectivity index (χ0v) is 12.9. The van der Waals surface area contributed by atoms with Crippen LogP contribution in [0.5, 0.6) is 5.75 Å². The predicted octanol–water partition coefficient (Wildman–Crippen LogP) is 1.96. The summed E-state index contributed by atoms with van der Waals surface area (Å²) in [7, 11) is 1.56. The number of nitrogens with one attached hydrogen (secondary N) is 1. The summed E-state index contributed by atoms with van der Waals surface area (Å²) in [6.45, 7) is 0.732. The average Bonchev–Trinajstić information content (AvgIpc) is 2.43. The first kappa shape index (κ1) is 16.6. The number of carbonyl (C=O) groups is 2. The summed E-state index contributed by atoms with van der Waals surface area (Å²) >= 11 is 5.93. The molecule has 120 valence electrons. The average molecular weight is 328 g/mol. The molecule has 0 saturated heterocycles. The van der Waals surface area contributed by atoms with Crippen LogP contribution in [0.4, 0.5) is 0 Å². The summed E-state index contributed by atoms with van der Waals surface area (Å²) < 4.78 is 10.4. The van der Waals surface area contributed by atoms with E-state index < -0.39 is 5.97 Å². The Morgan fingerprint density at radius 3 is 2.73 bits per heavy atom. The lowest BCUT2D eigenvalue weighted by Crippen LogP contribution is -2.46. The number of carboxylic acids is 1. The van der Waals surface area contributed by atoms with Gasteiger partial charge in [-0.15, -0.1) is 0 Å². The quantitative estimate of drug-likeness (QED) is 0.748. The van der Waals surface area contributed by atoms with E-state index in [1.165, 1.54) is 6.07 Å². The maximum atomic E-state index is 12.3. The van der Waals surface area contributed by atoms with Crippen molar-refractivity contribution in [1.29, 1.82) is 0 Å². The molecule has 1 fully saturated rings. The Morgan fingerprint density at radius 2 is 2.09 bits per heavy atom. The van der Waals surface area contributed by atoms with Gasteiger partial charge in [0.2, 0.25) is 0 Å². The third kappa shape index (κ3) is 4.11. The summed E-state index contributed by atoms with van der Waals surface area (Å²) in [6.07, 6.45) is 0.892. The molecule has 0 aliphatic heterocycles. The Morgan fingerprint density at radius 1 is 1.36 bits per heavy atom. The molecule has 0 radical (unpaired) electrons. The van der Waals surface area contributed by atoms with Crippen LogP contribution >= 0.6 is 11.6 Å². The number of aliphatic carboxylic acids is 1. The van der Waals surface area contributed by atoms with Crippen LogP contribution in [-0.2, 0) is 9.53 Å². The molecule has 0 bridgehead atoms. The summed E-state index contributed by atoms with van der Waals surface area (Å²) in [5.41, 5.74) is 0.336. The molecule has 1 aliphatic rings. The molecule has 1 aliphatic carbocycles. The number of hydrogen-bond acceptors (Lipinski definition) is 4. The molecule has 2 N–H and O–H groups in total. The van der Waals surface area contributed by atoms with Crippen molar-refractivity contribution < 1.29 is 24.2 Å². The third-order valence-electron chi connectivity index (χ3n) is 3.55. The molecule has 1 saturated carbocycles. The molecule has 1 aromatic rings. The van der Waals surface area contributed by atoms with Crippen LogP contribution in [0.3, 0.4) is 0 Å². The summed E-state index contributed by atoms with van der Waals surface area (Å²) in [4.78, 5) is 23.1. The Kier molecular flexibility index (Phi) is 5.63. The van der Waals surface area contributed by atoms with Gasteiger partial charge < -0.3 is 19.9 Å². The van der Waals surface area contributed by atoms with Gasteiger partial charge in [0.25, 0.3) is 5.91 Å². The van der Waals surface area contributed by atoms with E-state index in [1.54, 1.807) is 19.2 Å². The molecular formula is C15H18ClNO5. The first-order valence-electron chi connectivity index (χ1n) is 6.96. The minimum Gasteiger partial charge on any atom is -0.490 e. The Labute approximate surface area is 133 Å². The van der Waals surface area contributed by atoms with Crippen LogP contribution < -0.4 is 10.1 Å². The molecule has 2 rings (SSSR count). The van der Waals surface area contributed by atoms with Crippen LogP contribution in [0.1, 0.15) is 23.2 Å². The van der Waals surface area contributed by atoms with Crippen LogP contribution in [0, 0.1) is 5.92 Å². The smallest absolute Gasteiger partial charge is 0.306 e. The number of carboxylic acid groups (broad SMARTS) is 1. The minimum absolute atomic E-state index is 0.126. The number of methoxy groups -OCH3 is 1. The monoisotopic (exact) mass is 327 g/mol. The van der Waals surface area contributed by atoms with Gasteiger partial charge in [0.15, 0.2) is 0 Å². The first-order valence-corrected chi connectivity index (χ1v) is 7.34. The van der Waals surface area contributed by atoms with Gasteiger partial charge in [-0.25, -0.2) is 0 Å². The summed E-state index contributed by atoms with van der Waals surface area (Å²) in [6, 6.07) is 4.68. The van der Waals surface area contributed by atoms with E-state index in [9.17, 15) is 9.59 Å². The molecule has 0 heterocycles. The van der Waals surface area contributed by atoms with Crippen molar-refractivity contribution in [3.8, 4) is 5.75 Å². The molecule has 1 amide bonds. The van der Waals surface area contributed by atoms with Gasteiger partial charge in [0.05, 0.1) is 18.1 Å². The highest BCUT2D eigenvalue weighted by Gasteiger charge is 2.35. The Bertz CT molecular complexity index is 557. The SMILES string of the molecule is COCCOc1ccc(Cl)cc1C(=O)NC1CC(C(=O)O)C1. The molecule has 0 unspecified atom stereocenters. The fourth-order valence-corrected chi connectivity index (χ4v) is 2.41. The van der Waals surface area contributed by atoms with Gasteiger partial charge in [0.1, 0.15) is 12.4 Å². The van der Waals surface area contributed by atoms with Gasteiger partial charge in [0, 0.05) is 18.2 Å². The lowest BCUT2D eigenvalue weighted by Gasteiger charge is -2.33. The van der Waals surface area contributed by atoms with Gasteiger partial charge >= 0.3 is 5.97 Å². The number of benzene rings is 1. The van der Waals surface area contributed by atoms with Gasteiger partial charge in [-0.1, -0.05) is 11.6 Å². The first-order chi connectivity index (χ1) is 10.5. The van der Waals surface area contributed by atoms with Crippen LogP contribution in [0.2, 0.25) is 5.02 Å². The van der Waals surface area contributed by atoms with Crippen molar-refractivity contribution in [2.24, 2.45) is 5.92 Å². The highest BCUT2D eigenvalue weighted by atomic mass is 35.5. The summed E-state index contributed by atoms with van der Waals surface area (Å²) in [5, 5.41) is 12.1. The minimum atomic E-state index is -0.822. The van der Waals surface area contributed by atoms with Crippen molar-refractivity contribution in [2.45, 2.75) is 18.9 Å². The number of ether oxygens (including phenoxy) is 2. The fourth-order valence-electron chi connectivity index (χ4n) is 2.24. The standard InChI is InChI=1S/C15H18ClNO5/c1-21-4-5-22-13-3-2-10(16)8-12(13)14(18)17-11-6-9(7-11)15(19)20/h2-3,8-9,11H,4-7H2,1H3,(H,17,18)(H,19,20). The Balaban J connectivity index is 1.99. The third-order valence-corrected chi connectivity index (χ3v) is 3.79. The molecule has 0 spiro atoms. The second-order valence-electron chi connectivity index (χ2n) is 5.16. The van der Waals surface area contributed by atoms with Gasteiger partial charge in [-0.2, -0.15) is 0 Å². The Hall–Kier alpha value is -1.79. The molecule has 22 heavy (non-hydrogen) atoms. The second-order valence-corrected chi connectivity index (χ2v) is 5.60. The molecular weight excluding hydrogens is 310 g/mol. The maximum Gasteiger partial charge on any atom is 0.306 e. The zero-order valence-electron chi connectivity index (χ0n) is 12.2. The van der Waals surface area contributed by atoms with E-state index in [0.717, 1.165) is 0 Å². The molecule has 0 atom stereocenters. The van der Waals surface area contributed by atoms with Crippen molar-refractivity contribution >= 4 is 23.5 Å². The van der Waals surface area contributed by atoms with Crippen LogP contribution in [0.25, 0.3) is 0 Å². The number of hydrogen-bond donors (Lipinski definition) is 2. The number of halogens is 1. The maximum absolute atomic E-state index is 12.3. The summed E-state index contributed by atoms with van der Waals surface area (Å²) in [5.74, 6) is -1.09. The van der Waals surface area contributed by atoms with Gasteiger partial charge in [-0.05, 0) is 31.0 Å². The van der Waals surface area contributed by atoms with Crippen LogP contribution in [0.15, 0.2) is 18.2 Å². The van der Waals surface area contributed by atoms with Crippen molar-refractivity contribution in [2.75, 3.05) is 20.3 Å².